The van der Waals surface area contributed by atoms with Gasteiger partial charge in [0.1, 0.15) is 0 Å². The Morgan fingerprint density at radius 3 is 3.14 bits per heavy atom. The first-order chi connectivity index (χ1) is 6.74. The van der Waals surface area contributed by atoms with Gasteiger partial charge in [0.05, 0.1) is 18.3 Å². The summed E-state index contributed by atoms with van der Waals surface area (Å²) in [5.74, 6) is -0.431. The van der Waals surface area contributed by atoms with E-state index in [2.05, 4.69) is 9.72 Å². The molecular weight excluding hydrogens is 204 g/mol. The zero-order valence-corrected chi connectivity index (χ0v) is 8.15. The summed E-state index contributed by atoms with van der Waals surface area (Å²) in [7, 11) is 1.33. The number of rotatable bonds is 1. The molecule has 2 heterocycles. The van der Waals surface area contributed by atoms with Crippen LogP contribution in [0.2, 0.25) is 5.02 Å². The van der Waals surface area contributed by atoms with Crippen LogP contribution in [0.3, 0.4) is 0 Å². The van der Waals surface area contributed by atoms with Gasteiger partial charge in [0.15, 0.2) is 11.3 Å². The third-order valence-electron chi connectivity index (χ3n) is 1.88. The summed E-state index contributed by atoms with van der Waals surface area (Å²) >= 11 is 5.88. The average molecular weight is 211 g/mol. The molecule has 0 aromatic carbocycles. The number of pyridine rings is 1. The highest BCUT2D eigenvalue weighted by molar-refractivity contribution is 6.33. The van der Waals surface area contributed by atoms with Crippen LogP contribution in [-0.4, -0.2) is 22.5 Å². The molecule has 4 nitrogen and oxygen atoms in total. The van der Waals surface area contributed by atoms with Gasteiger partial charge in [-0.05, 0) is 12.1 Å². The van der Waals surface area contributed by atoms with Crippen LogP contribution < -0.4 is 0 Å². The van der Waals surface area contributed by atoms with Crippen LogP contribution in [0.4, 0.5) is 0 Å². The molecule has 0 saturated carbocycles. The smallest absolute Gasteiger partial charge is 0.356 e. The molecule has 0 bridgehead atoms. The Kier molecular flexibility index (Phi) is 2.13. The van der Waals surface area contributed by atoms with E-state index < -0.39 is 5.97 Å². The SMILES string of the molecule is COC(=O)c1cnc2c(Cl)cccn12. The van der Waals surface area contributed by atoms with E-state index in [0.29, 0.717) is 16.4 Å². The van der Waals surface area contributed by atoms with Crippen molar-refractivity contribution in [2.45, 2.75) is 0 Å². The lowest BCUT2D eigenvalue weighted by molar-refractivity contribution is 0.0593. The lowest BCUT2D eigenvalue weighted by Crippen LogP contribution is -2.04. The van der Waals surface area contributed by atoms with Crippen molar-refractivity contribution in [3.63, 3.8) is 0 Å². The number of carbonyl (C=O) groups is 1. The van der Waals surface area contributed by atoms with Crippen molar-refractivity contribution in [3.05, 3.63) is 35.2 Å². The maximum absolute atomic E-state index is 11.3. The lowest BCUT2D eigenvalue weighted by Gasteiger charge is -1.99. The van der Waals surface area contributed by atoms with E-state index in [-0.39, 0.29) is 0 Å². The largest absolute Gasteiger partial charge is 0.464 e. The molecule has 0 aliphatic heterocycles. The van der Waals surface area contributed by atoms with Crippen molar-refractivity contribution in [1.29, 1.82) is 0 Å². The number of fused-ring (bicyclic) bond motifs is 1. The molecule has 0 amide bonds. The highest BCUT2D eigenvalue weighted by Crippen LogP contribution is 2.16. The number of imidazole rings is 1. The number of hydrogen-bond donors (Lipinski definition) is 0. The van der Waals surface area contributed by atoms with Gasteiger partial charge in [0.2, 0.25) is 0 Å². The summed E-state index contributed by atoms with van der Waals surface area (Å²) in [6.07, 6.45) is 3.15. The molecule has 0 aliphatic rings. The predicted octanol–water partition coefficient (Wildman–Crippen LogP) is 1.77. The third kappa shape index (κ3) is 1.24. The van der Waals surface area contributed by atoms with Crippen molar-refractivity contribution < 1.29 is 9.53 Å². The van der Waals surface area contributed by atoms with Crippen LogP contribution in [0.5, 0.6) is 0 Å². The summed E-state index contributed by atoms with van der Waals surface area (Å²) in [6.45, 7) is 0. The summed E-state index contributed by atoms with van der Waals surface area (Å²) < 4.78 is 6.19. The molecule has 0 saturated heterocycles. The van der Waals surface area contributed by atoms with Crippen molar-refractivity contribution in [2.75, 3.05) is 7.11 Å². The average Bonchev–Trinajstić information content (AvgIpc) is 2.62. The second-order valence-electron chi connectivity index (χ2n) is 2.68. The Labute approximate surface area is 85.1 Å². The van der Waals surface area contributed by atoms with E-state index in [0.717, 1.165) is 0 Å². The predicted molar refractivity (Wildman–Crippen MR) is 51.5 cm³/mol. The molecule has 0 atom stereocenters. The summed E-state index contributed by atoms with van der Waals surface area (Å²) in [4.78, 5) is 15.3. The maximum atomic E-state index is 11.3. The summed E-state index contributed by atoms with van der Waals surface area (Å²) in [5.41, 5.74) is 0.916. The molecule has 0 N–H and O–H groups in total. The molecule has 0 unspecified atom stereocenters. The van der Waals surface area contributed by atoms with Crippen LogP contribution in [0.15, 0.2) is 24.5 Å². The number of esters is 1. The molecule has 0 fully saturated rings. The van der Waals surface area contributed by atoms with Crippen LogP contribution in [-0.2, 0) is 4.74 Å². The standard InChI is InChI=1S/C9H7ClN2O2/c1-14-9(13)7-5-11-8-6(10)3-2-4-12(7)8/h2-5H,1H3. The Morgan fingerprint density at radius 2 is 2.43 bits per heavy atom. The van der Waals surface area contributed by atoms with Crippen molar-refractivity contribution >= 4 is 23.2 Å². The Balaban J connectivity index is 2.70. The molecule has 0 aliphatic carbocycles. The van der Waals surface area contributed by atoms with Crippen LogP contribution in [0.1, 0.15) is 10.5 Å². The zero-order valence-electron chi connectivity index (χ0n) is 7.40. The number of carbonyl (C=O) groups excluding carboxylic acids is 1. The minimum Gasteiger partial charge on any atom is -0.464 e. The van der Waals surface area contributed by atoms with Gasteiger partial charge in [-0.15, -0.1) is 0 Å². The minimum atomic E-state index is -0.431. The number of nitrogens with zero attached hydrogens (tertiary/aromatic N) is 2. The zero-order chi connectivity index (χ0) is 10.1. The first-order valence-electron chi connectivity index (χ1n) is 3.94. The van der Waals surface area contributed by atoms with Crippen LogP contribution in [0, 0.1) is 0 Å². The van der Waals surface area contributed by atoms with Gasteiger partial charge in [-0.3, -0.25) is 4.40 Å². The first kappa shape index (κ1) is 9.02. The Bertz CT molecular complexity index is 493. The minimum absolute atomic E-state index is 0.366. The molecule has 0 spiro atoms. The van der Waals surface area contributed by atoms with E-state index in [1.54, 1.807) is 22.7 Å². The molecular formula is C9H7ClN2O2. The van der Waals surface area contributed by atoms with Crippen molar-refractivity contribution in [3.8, 4) is 0 Å². The van der Waals surface area contributed by atoms with Gasteiger partial charge < -0.3 is 4.74 Å². The van der Waals surface area contributed by atoms with E-state index in [1.165, 1.54) is 13.3 Å². The van der Waals surface area contributed by atoms with Crippen molar-refractivity contribution in [1.82, 2.24) is 9.38 Å². The third-order valence-corrected chi connectivity index (χ3v) is 2.18. The number of ether oxygens (including phenoxy) is 1. The first-order valence-corrected chi connectivity index (χ1v) is 4.31. The van der Waals surface area contributed by atoms with Crippen LogP contribution >= 0.6 is 11.6 Å². The fourth-order valence-corrected chi connectivity index (χ4v) is 1.44. The maximum Gasteiger partial charge on any atom is 0.356 e. The fourth-order valence-electron chi connectivity index (χ4n) is 1.23. The van der Waals surface area contributed by atoms with E-state index >= 15 is 0 Å². The molecule has 72 valence electrons. The Morgan fingerprint density at radius 1 is 1.64 bits per heavy atom. The number of hydrogen-bond acceptors (Lipinski definition) is 3. The topological polar surface area (TPSA) is 43.6 Å². The van der Waals surface area contributed by atoms with Gasteiger partial charge in [-0.25, -0.2) is 9.78 Å². The highest BCUT2D eigenvalue weighted by atomic mass is 35.5. The lowest BCUT2D eigenvalue weighted by atomic mass is 10.4. The quantitative estimate of drug-likeness (QED) is 0.674. The Hall–Kier alpha value is -1.55. The van der Waals surface area contributed by atoms with Gasteiger partial charge in [-0.1, -0.05) is 11.6 Å². The van der Waals surface area contributed by atoms with Crippen molar-refractivity contribution in [2.24, 2.45) is 0 Å². The second-order valence-corrected chi connectivity index (χ2v) is 3.09. The molecule has 2 aromatic heterocycles. The van der Waals surface area contributed by atoms with Gasteiger partial charge in [0.25, 0.3) is 0 Å². The number of methoxy groups -OCH3 is 1. The van der Waals surface area contributed by atoms with Gasteiger partial charge in [-0.2, -0.15) is 0 Å². The fraction of sp³-hybridized carbons (Fsp3) is 0.111. The summed E-state index contributed by atoms with van der Waals surface area (Å²) in [5, 5.41) is 0.502. The van der Waals surface area contributed by atoms with E-state index in [4.69, 9.17) is 11.6 Å². The van der Waals surface area contributed by atoms with Gasteiger partial charge >= 0.3 is 5.97 Å². The second kappa shape index (κ2) is 3.31. The highest BCUT2D eigenvalue weighted by Gasteiger charge is 2.12. The molecule has 14 heavy (non-hydrogen) atoms. The monoisotopic (exact) mass is 210 g/mol. The molecule has 2 aromatic rings. The van der Waals surface area contributed by atoms with Crippen LogP contribution in [0.25, 0.3) is 5.65 Å². The number of aromatic nitrogens is 2. The van der Waals surface area contributed by atoms with Gasteiger partial charge in [0, 0.05) is 6.20 Å². The number of halogens is 1. The van der Waals surface area contributed by atoms with E-state index in [1.807, 2.05) is 0 Å². The normalized spacial score (nSPS) is 10.4. The molecule has 5 heteroatoms. The molecule has 0 radical (unpaired) electrons. The molecule has 2 rings (SSSR count). The van der Waals surface area contributed by atoms with E-state index in [9.17, 15) is 4.79 Å². The summed E-state index contributed by atoms with van der Waals surface area (Å²) in [6, 6.07) is 3.45.